The normalized spacial score (nSPS) is 11.2. The summed E-state index contributed by atoms with van der Waals surface area (Å²) in [5.74, 6) is 0.733. The van der Waals surface area contributed by atoms with Gasteiger partial charge in [0.25, 0.3) is 5.91 Å². The van der Waals surface area contributed by atoms with E-state index in [4.69, 9.17) is 9.72 Å². The zero-order valence-corrected chi connectivity index (χ0v) is 18.0. The summed E-state index contributed by atoms with van der Waals surface area (Å²) in [6.45, 7) is 5.69. The van der Waals surface area contributed by atoms with Crippen molar-refractivity contribution in [2.24, 2.45) is 0 Å². The number of hydrogen-bond acceptors (Lipinski definition) is 4. The van der Waals surface area contributed by atoms with Gasteiger partial charge in [0.05, 0.1) is 32.4 Å². The first-order valence-corrected chi connectivity index (χ1v) is 10.3. The monoisotopic (exact) mass is 398 g/mol. The lowest BCUT2D eigenvalue weighted by atomic mass is 10.1. The van der Waals surface area contributed by atoms with Crippen LogP contribution in [-0.4, -0.2) is 45.2 Å². The number of fused-ring (bicyclic) bond motifs is 1. The van der Waals surface area contributed by atoms with E-state index in [9.17, 15) is 4.79 Å². The molecule has 6 heteroatoms. The van der Waals surface area contributed by atoms with Gasteiger partial charge in [0.15, 0.2) is 5.13 Å². The first-order valence-electron chi connectivity index (χ1n) is 9.52. The Balaban J connectivity index is 2.02. The molecule has 1 aromatic heterocycles. The highest BCUT2D eigenvalue weighted by Gasteiger charge is 2.23. The fourth-order valence-corrected chi connectivity index (χ4v) is 4.26. The minimum absolute atomic E-state index is 0.00636. The predicted octanol–water partition coefficient (Wildman–Crippen LogP) is 3.10. The second-order valence-corrected chi connectivity index (χ2v) is 8.37. The average molecular weight is 399 g/mol. The lowest BCUT2D eigenvalue weighted by Crippen LogP contribution is -3.05. The Hall–Kier alpha value is -2.44. The summed E-state index contributed by atoms with van der Waals surface area (Å²) in [4.78, 5) is 21.3. The number of hydrogen-bond donors (Lipinski definition) is 1. The number of anilines is 1. The number of nitrogens with one attached hydrogen (secondary N) is 1. The molecule has 1 N–H and O–H groups in total. The number of benzene rings is 2. The number of amides is 1. The summed E-state index contributed by atoms with van der Waals surface area (Å²) in [7, 11) is 5.90. The van der Waals surface area contributed by atoms with Crippen LogP contribution in [0.25, 0.3) is 10.2 Å². The van der Waals surface area contributed by atoms with E-state index in [2.05, 4.69) is 21.0 Å². The van der Waals surface area contributed by atoms with Crippen LogP contribution in [-0.2, 0) is 0 Å². The van der Waals surface area contributed by atoms with Crippen molar-refractivity contribution < 1.29 is 14.4 Å². The van der Waals surface area contributed by atoms with Crippen molar-refractivity contribution in [2.75, 3.05) is 39.2 Å². The quantitative estimate of drug-likeness (QED) is 0.665. The second kappa shape index (κ2) is 8.71. The fourth-order valence-electron chi connectivity index (χ4n) is 3.19. The molecule has 148 valence electrons. The molecular formula is C22H28N3O2S+. The summed E-state index contributed by atoms with van der Waals surface area (Å²) < 4.78 is 6.55. The maximum Gasteiger partial charge on any atom is 0.260 e. The number of methoxy groups -OCH3 is 1. The molecule has 1 amide bonds. The van der Waals surface area contributed by atoms with Gasteiger partial charge in [0.2, 0.25) is 0 Å². The van der Waals surface area contributed by atoms with E-state index in [0.717, 1.165) is 45.2 Å². The third kappa shape index (κ3) is 4.34. The van der Waals surface area contributed by atoms with E-state index >= 15 is 0 Å². The molecule has 3 aromatic rings. The van der Waals surface area contributed by atoms with Gasteiger partial charge in [-0.2, -0.15) is 0 Å². The zero-order chi connectivity index (χ0) is 20.3. The van der Waals surface area contributed by atoms with Crippen molar-refractivity contribution in [2.45, 2.75) is 20.3 Å². The molecule has 0 atom stereocenters. The Bertz CT molecular complexity index is 981. The number of rotatable bonds is 7. The molecule has 0 aliphatic rings. The van der Waals surface area contributed by atoms with E-state index in [1.165, 1.54) is 4.90 Å². The number of quaternary nitrogens is 1. The number of aromatic nitrogens is 1. The van der Waals surface area contributed by atoms with Gasteiger partial charge < -0.3 is 9.64 Å². The van der Waals surface area contributed by atoms with Gasteiger partial charge in [-0.25, -0.2) is 4.98 Å². The molecule has 28 heavy (non-hydrogen) atoms. The Morgan fingerprint density at radius 3 is 2.68 bits per heavy atom. The van der Waals surface area contributed by atoms with Crippen LogP contribution in [0.2, 0.25) is 0 Å². The molecule has 0 aliphatic carbocycles. The van der Waals surface area contributed by atoms with Crippen LogP contribution in [0.5, 0.6) is 5.75 Å². The first kappa shape index (κ1) is 20.3. The standard InChI is InChI=1S/C22H27N3O2S/c1-15-8-6-9-17(14-15)21(26)25(13-7-12-24(3)4)22-23-19-18(27-5)11-10-16(2)20(19)28-22/h6,8-11,14H,7,12-13H2,1-5H3/p+1. The van der Waals surface area contributed by atoms with Crippen molar-refractivity contribution in [3.8, 4) is 5.75 Å². The zero-order valence-electron chi connectivity index (χ0n) is 17.2. The van der Waals surface area contributed by atoms with Gasteiger partial charge >= 0.3 is 0 Å². The Morgan fingerprint density at radius 1 is 1.21 bits per heavy atom. The predicted molar refractivity (Wildman–Crippen MR) is 116 cm³/mol. The number of carbonyl (C=O) groups excluding carboxylic acids is 1. The highest BCUT2D eigenvalue weighted by molar-refractivity contribution is 7.22. The van der Waals surface area contributed by atoms with Gasteiger partial charge in [-0.15, -0.1) is 0 Å². The molecule has 1 heterocycles. The smallest absolute Gasteiger partial charge is 0.260 e. The van der Waals surface area contributed by atoms with Crippen molar-refractivity contribution in [1.82, 2.24) is 4.98 Å². The first-order chi connectivity index (χ1) is 13.4. The van der Waals surface area contributed by atoms with E-state index in [0.29, 0.717) is 12.1 Å². The molecule has 0 fully saturated rings. The van der Waals surface area contributed by atoms with Crippen molar-refractivity contribution in [1.29, 1.82) is 0 Å². The molecule has 0 saturated heterocycles. The number of ether oxygens (including phenoxy) is 1. The van der Waals surface area contributed by atoms with Crippen LogP contribution < -0.4 is 14.5 Å². The van der Waals surface area contributed by atoms with Crippen molar-refractivity contribution in [3.05, 3.63) is 53.1 Å². The Morgan fingerprint density at radius 2 is 2.00 bits per heavy atom. The number of carbonyl (C=O) groups is 1. The Kier molecular flexibility index (Phi) is 6.31. The highest BCUT2D eigenvalue weighted by Crippen LogP contribution is 2.36. The molecule has 0 spiro atoms. The second-order valence-electron chi connectivity index (χ2n) is 7.40. The van der Waals surface area contributed by atoms with E-state index in [1.54, 1.807) is 18.4 Å². The van der Waals surface area contributed by atoms with E-state index in [1.807, 2.05) is 48.2 Å². The molecule has 3 rings (SSSR count). The van der Waals surface area contributed by atoms with Crippen LogP contribution in [0.4, 0.5) is 5.13 Å². The highest BCUT2D eigenvalue weighted by atomic mass is 32.1. The molecule has 2 aromatic carbocycles. The topological polar surface area (TPSA) is 46.9 Å². The van der Waals surface area contributed by atoms with Gasteiger partial charge in [0, 0.05) is 18.5 Å². The van der Waals surface area contributed by atoms with Gasteiger partial charge in [0.1, 0.15) is 11.3 Å². The molecule has 0 aliphatic heterocycles. The molecule has 0 radical (unpaired) electrons. The van der Waals surface area contributed by atoms with E-state index < -0.39 is 0 Å². The molecule has 0 unspecified atom stereocenters. The summed E-state index contributed by atoms with van der Waals surface area (Å²) in [6, 6.07) is 11.7. The maximum atomic E-state index is 13.3. The summed E-state index contributed by atoms with van der Waals surface area (Å²) in [5, 5.41) is 0.725. The third-order valence-corrected chi connectivity index (χ3v) is 5.93. The van der Waals surface area contributed by atoms with Crippen molar-refractivity contribution in [3.63, 3.8) is 0 Å². The molecule has 0 saturated carbocycles. The van der Waals surface area contributed by atoms with Crippen LogP contribution in [0.3, 0.4) is 0 Å². The third-order valence-electron chi connectivity index (χ3n) is 4.71. The number of thiazole rings is 1. The lowest BCUT2D eigenvalue weighted by Gasteiger charge is -2.20. The Labute approximate surface area is 170 Å². The molecule has 5 nitrogen and oxygen atoms in total. The maximum absolute atomic E-state index is 13.3. The number of nitrogens with zero attached hydrogens (tertiary/aromatic N) is 2. The minimum Gasteiger partial charge on any atom is -0.494 e. The molecular weight excluding hydrogens is 370 g/mol. The summed E-state index contributed by atoms with van der Waals surface area (Å²) in [5.41, 5.74) is 3.73. The van der Waals surface area contributed by atoms with Crippen LogP contribution in [0.15, 0.2) is 36.4 Å². The molecule has 0 bridgehead atoms. The van der Waals surface area contributed by atoms with Crippen LogP contribution >= 0.6 is 11.3 Å². The average Bonchev–Trinajstić information content (AvgIpc) is 3.11. The van der Waals surface area contributed by atoms with Gasteiger partial charge in [-0.1, -0.05) is 35.1 Å². The summed E-state index contributed by atoms with van der Waals surface area (Å²) >= 11 is 1.55. The van der Waals surface area contributed by atoms with Crippen LogP contribution in [0, 0.1) is 13.8 Å². The van der Waals surface area contributed by atoms with E-state index in [-0.39, 0.29) is 5.91 Å². The van der Waals surface area contributed by atoms with Gasteiger partial charge in [-0.05, 0) is 37.6 Å². The fraction of sp³-hybridized carbons (Fsp3) is 0.364. The van der Waals surface area contributed by atoms with Crippen molar-refractivity contribution >= 4 is 32.6 Å². The number of aryl methyl sites for hydroxylation is 2. The minimum atomic E-state index is -0.00636. The SMILES string of the molecule is COc1ccc(C)c2sc(N(CCC[NH+](C)C)C(=O)c3cccc(C)c3)nc12. The summed E-state index contributed by atoms with van der Waals surface area (Å²) in [6.07, 6.45) is 0.909. The van der Waals surface area contributed by atoms with Gasteiger partial charge in [-0.3, -0.25) is 9.69 Å². The lowest BCUT2D eigenvalue weighted by molar-refractivity contribution is -0.858. The van der Waals surface area contributed by atoms with Crippen LogP contribution in [0.1, 0.15) is 27.9 Å². The largest absolute Gasteiger partial charge is 0.494 e.